The molecule has 0 aliphatic carbocycles. The van der Waals surface area contributed by atoms with Gasteiger partial charge < -0.3 is 21.5 Å². The molecule has 5 N–H and O–H groups in total. The minimum Gasteiger partial charge on any atom is -0.385 e. The second-order valence-corrected chi connectivity index (χ2v) is 8.01. The van der Waals surface area contributed by atoms with Gasteiger partial charge >= 0.3 is 6.18 Å². The Hall–Kier alpha value is -2.92. The lowest BCUT2D eigenvalue weighted by Gasteiger charge is -2.35. The van der Waals surface area contributed by atoms with Gasteiger partial charge in [-0.25, -0.2) is 15.0 Å². The van der Waals surface area contributed by atoms with Gasteiger partial charge in [0.15, 0.2) is 6.23 Å². The van der Waals surface area contributed by atoms with Crippen LogP contribution in [0.1, 0.15) is 30.0 Å². The summed E-state index contributed by atoms with van der Waals surface area (Å²) >= 11 is 0. The molecule has 0 amide bonds. The molecule has 1 atom stereocenters. The van der Waals surface area contributed by atoms with Crippen molar-refractivity contribution < 1.29 is 17.9 Å². The average Bonchev–Trinajstić information content (AvgIpc) is 2.82. The number of rotatable bonds is 13. The Morgan fingerprint density at radius 3 is 2.46 bits per heavy atom. The standard InChI is InChI=1S/C25H35F3N6O/c1-5-15-31-22-13-9-7-11-20(22)18(2)32-23(30)24(35-16-14-29)34(4)33(3)17-19-10-6-8-12-21(19)25(26,27)28/h6-13,24,31H,2,5,14-17,29H2,1,3-4H3,(H2,30,32). The summed E-state index contributed by atoms with van der Waals surface area (Å²) in [5, 5.41) is 6.52. The molecule has 0 aromatic heterocycles. The summed E-state index contributed by atoms with van der Waals surface area (Å²) in [5.41, 5.74) is 13.5. The number of nitrogens with two attached hydrogens (primary N) is 2. The molecule has 0 radical (unpaired) electrons. The van der Waals surface area contributed by atoms with E-state index >= 15 is 0 Å². The number of nitrogens with zero attached hydrogens (tertiary/aromatic N) is 3. The molecule has 0 saturated carbocycles. The molecule has 2 rings (SSSR count). The van der Waals surface area contributed by atoms with Crippen molar-refractivity contribution in [2.45, 2.75) is 32.3 Å². The third-order valence-corrected chi connectivity index (χ3v) is 5.31. The maximum Gasteiger partial charge on any atom is 0.416 e. The number of anilines is 1. The summed E-state index contributed by atoms with van der Waals surface area (Å²) in [6.45, 7) is 7.32. The monoisotopic (exact) mass is 492 g/mol. The molecule has 0 heterocycles. The van der Waals surface area contributed by atoms with E-state index in [0.717, 1.165) is 30.3 Å². The van der Waals surface area contributed by atoms with Crippen LogP contribution in [0, 0.1) is 0 Å². The second-order valence-electron chi connectivity index (χ2n) is 8.01. The fourth-order valence-electron chi connectivity index (χ4n) is 3.46. The number of hydrazine groups is 1. The van der Waals surface area contributed by atoms with Gasteiger partial charge in [0.1, 0.15) is 5.84 Å². The molecule has 7 nitrogen and oxygen atoms in total. The Balaban J connectivity index is 2.27. The van der Waals surface area contributed by atoms with Crippen LogP contribution < -0.4 is 16.8 Å². The molecule has 2 aromatic carbocycles. The van der Waals surface area contributed by atoms with Crippen molar-refractivity contribution in [3.63, 3.8) is 0 Å². The van der Waals surface area contributed by atoms with Gasteiger partial charge in [-0.05, 0) is 24.1 Å². The first-order valence-electron chi connectivity index (χ1n) is 11.4. The minimum absolute atomic E-state index is 0.0212. The SMILES string of the molecule is C=C(N=C(N)C(OCCN)N(C)N(C)Cc1ccccc1C(F)(F)F)c1ccccc1NCCC. The Kier molecular flexibility index (Phi) is 10.7. The van der Waals surface area contributed by atoms with E-state index in [1.54, 1.807) is 30.2 Å². The average molecular weight is 493 g/mol. The van der Waals surface area contributed by atoms with E-state index in [4.69, 9.17) is 16.2 Å². The summed E-state index contributed by atoms with van der Waals surface area (Å²) < 4.78 is 46.2. The third-order valence-electron chi connectivity index (χ3n) is 5.31. The van der Waals surface area contributed by atoms with Gasteiger partial charge in [0, 0.05) is 45.0 Å². The highest BCUT2D eigenvalue weighted by Gasteiger charge is 2.33. The van der Waals surface area contributed by atoms with Gasteiger partial charge in [-0.15, -0.1) is 0 Å². The Labute approximate surface area is 205 Å². The van der Waals surface area contributed by atoms with Crippen molar-refractivity contribution in [3.8, 4) is 0 Å². The van der Waals surface area contributed by atoms with Crippen molar-refractivity contribution in [1.82, 2.24) is 10.0 Å². The number of alkyl halides is 3. The lowest BCUT2D eigenvalue weighted by molar-refractivity contribution is -0.140. The Morgan fingerprint density at radius 1 is 1.14 bits per heavy atom. The third kappa shape index (κ3) is 8.07. The minimum atomic E-state index is -4.46. The molecule has 35 heavy (non-hydrogen) atoms. The van der Waals surface area contributed by atoms with Crippen LogP contribution in [0.15, 0.2) is 60.1 Å². The zero-order chi connectivity index (χ0) is 26.0. The normalized spacial score (nSPS) is 13.3. The van der Waals surface area contributed by atoms with E-state index in [-0.39, 0.29) is 31.1 Å². The highest BCUT2D eigenvalue weighted by atomic mass is 19.4. The molecule has 0 saturated heterocycles. The first-order chi connectivity index (χ1) is 16.6. The number of hydrogen-bond acceptors (Lipinski definition) is 6. The molecule has 0 aliphatic heterocycles. The highest BCUT2D eigenvalue weighted by molar-refractivity contribution is 5.91. The van der Waals surface area contributed by atoms with Crippen molar-refractivity contribution in [2.75, 3.05) is 39.1 Å². The van der Waals surface area contributed by atoms with Gasteiger partial charge in [0.25, 0.3) is 0 Å². The molecule has 0 spiro atoms. The maximum absolute atomic E-state index is 13.4. The van der Waals surface area contributed by atoms with Crippen LogP contribution in [0.25, 0.3) is 5.70 Å². The number of nitrogens with one attached hydrogen (secondary N) is 1. The number of halogens is 3. The van der Waals surface area contributed by atoms with E-state index in [2.05, 4.69) is 23.8 Å². The zero-order valence-electron chi connectivity index (χ0n) is 20.5. The topological polar surface area (TPSA) is 92.1 Å². The lowest BCUT2D eigenvalue weighted by atomic mass is 10.1. The molecule has 0 bridgehead atoms. The maximum atomic E-state index is 13.4. The predicted octanol–water partition coefficient (Wildman–Crippen LogP) is 4.14. The van der Waals surface area contributed by atoms with Gasteiger partial charge in [-0.3, -0.25) is 0 Å². The summed E-state index contributed by atoms with van der Waals surface area (Å²) in [6.07, 6.45) is -4.37. The summed E-state index contributed by atoms with van der Waals surface area (Å²) in [4.78, 5) is 4.48. The Bertz CT molecular complexity index is 995. The van der Waals surface area contributed by atoms with Gasteiger partial charge in [-0.2, -0.15) is 13.2 Å². The molecule has 2 aromatic rings. The van der Waals surface area contributed by atoms with Crippen LogP contribution >= 0.6 is 0 Å². The van der Waals surface area contributed by atoms with Crippen LogP contribution in [0.2, 0.25) is 0 Å². The van der Waals surface area contributed by atoms with Gasteiger partial charge in [-0.1, -0.05) is 49.9 Å². The van der Waals surface area contributed by atoms with Crippen LogP contribution in [-0.4, -0.2) is 55.9 Å². The van der Waals surface area contributed by atoms with Crippen molar-refractivity contribution in [3.05, 3.63) is 71.8 Å². The van der Waals surface area contributed by atoms with Crippen molar-refractivity contribution in [1.29, 1.82) is 0 Å². The van der Waals surface area contributed by atoms with Crippen molar-refractivity contribution >= 4 is 17.2 Å². The molecule has 0 aliphatic rings. The molecular formula is C25H35F3N6O. The lowest BCUT2D eigenvalue weighted by Crippen LogP contribution is -2.52. The summed E-state index contributed by atoms with van der Waals surface area (Å²) in [7, 11) is 3.32. The number of para-hydroxylation sites is 1. The number of amidine groups is 1. The van der Waals surface area contributed by atoms with E-state index in [0.29, 0.717) is 5.70 Å². The molecule has 192 valence electrons. The van der Waals surface area contributed by atoms with Gasteiger partial charge in [0.05, 0.1) is 17.9 Å². The number of benzene rings is 2. The van der Waals surface area contributed by atoms with Crippen molar-refractivity contribution in [2.24, 2.45) is 16.5 Å². The summed E-state index contributed by atoms with van der Waals surface area (Å²) in [5.74, 6) is 0.104. The second kappa shape index (κ2) is 13.2. The fourth-order valence-corrected chi connectivity index (χ4v) is 3.46. The van der Waals surface area contributed by atoms with E-state index in [1.807, 2.05) is 24.3 Å². The molecule has 1 unspecified atom stereocenters. The largest absolute Gasteiger partial charge is 0.416 e. The number of hydrogen-bond donors (Lipinski definition) is 3. The molecule has 10 heteroatoms. The van der Waals surface area contributed by atoms with Crippen LogP contribution in [-0.2, 0) is 17.5 Å². The van der Waals surface area contributed by atoms with Crippen LogP contribution in [0.5, 0.6) is 0 Å². The number of aliphatic imine (C=N–C) groups is 1. The predicted molar refractivity (Wildman–Crippen MR) is 135 cm³/mol. The smallest absolute Gasteiger partial charge is 0.385 e. The zero-order valence-corrected chi connectivity index (χ0v) is 20.5. The van der Waals surface area contributed by atoms with E-state index in [1.165, 1.54) is 12.1 Å². The quantitative estimate of drug-likeness (QED) is 0.169. The Morgan fingerprint density at radius 2 is 1.80 bits per heavy atom. The van der Waals surface area contributed by atoms with Gasteiger partial charge in [0.2, 0.25) is 0 Å². The molecule has 0 fully saturated rings. The number of ether oxygens (including phenoxy) is 1. The van der Waals surface area contributed by atoms with E-state index in [9.17, 15) is 13.2 Å². The highest BCUT2D eigenvalue weighted by Crippen LogP contribution is 2.32. The fraction of sp³-hybridized carbons (Fsp3) is 0.400. The summed E-state index contributed by atoms with van der Waals surface area (Å²) in [6, 6.07) is 13.1. The number of likely N-dealkylation sites (N-methyl/N-ethyl adjacent to an activating group) is 1. The molecular weight excluding hydrogens is 457 g/mol. The van der Waals surface area contributed by atoms with Crippen LogP contribution in [0.3, 0.4) is 0 Å². The first kappa shape index (κ1) is 28.3. The first-order valence-corrected chi connectivity index (χ1v) is 11.4. The van der Waals surface area contributed by atoms with E-state index < -0.39 is 18.0 Å². The van der Waals surface area contributed by atoms with Crippen LogP contribution in [0.4, 0.5) is 18.9 Å².